The minimum absolute atomic E-state index is 0.00782. The molecule has 0 aromatic carbocycles. The molecule has 0 aliphatic heterocycles. The first-order valence-electron chi connectivity index (χ1n) is 4.17. The third-order valence-electron chi connectivity index (χ3n) is 2.37. The molecule has 1 aliphatic carbocycles. The van der Waals surface area contributed by atoms with Crippen molar-refractivity contribution in [2.24, 2.45) is 5.92 Å². The SMILES string of the molecule is O=C(O)CC1CCC(O)CC1O. The van der Waals surface area contributed by atoms with Gasteiger partial charge in [-0.25, -0.2) is 0 Å². The van der Waals surface area contributed by atoms with Crippen LogP contribution in [0.1, 0.15) is 25.7 Å². The maximum Gasteiger partial charge on any atom is 0.303 e. The van der Waals surface area contributed by atoms with E-state index >= 15 is 0 Å². The van der Waals surface area contributed by atoms with Gasteiger partial charge in [0.2, 0.25) is 0 Å². The van der Waals surface area contributed by atoms with E-state index in [0.29, 0.717) is 19.3 Å². The highest BCUT2D eigenvalue weighted by Crippen LogP contribution is 2.27. The highest BCUT2D eigenvalue weighted by Gasteiger charge is 2.29. The van der Waals surface area contributed by atoms with Crippen LogP contribution in [0.2, 0.25) is 0 Å². The number of aliphatic hydroxyl groups excluding tert-OH is 2. The second-order valence-electron chi connectivity index (χ2n) is 3.39. The van der Waals surface area contributed by atoms with Gasteiger partial charge < -0.3 is 15.3 Å². The molecule has 1 saturated carbocycles. The largest absolute Gasteiger partial charge is 0.481 e. The van der Waals surface area contributed by atoms with Crippen LogP contribution in [0.15, 0.2) is 0 Å². The zero-order chi connectivity index (χ0) is 9.14. The summed E-state index contributed by atoms with van der Waals surface area (Å²) in [5.41, 5.74) is 0. The monoisotopic (exact) mass is 174 g/mol. The molecule has 12 heavy (non-hydrogen) atoms. The van der Waals surface area contributed by atoms with E-state index in [1.54, 1.807) is 0 Å². The number of rotatable bonds is 2. The number of aliphatic carboxylic acids is 1. The summed E-state index contributed by atoms with van der Waals surface area (Å²) in [7, 11) is 0. The Morgan fingerprint density at radius 3 is 2.50 bits per heavy atom. The Labute approximate surface area is 70.8 Å². The van der Waals surface area contributed by atoms with Gasteiger partial charge in [0.1, 0.15) is 0 Å². The highest BCUT2D eigenvalue weighted by atomic mass is 16.4. The van der Waals surface area contributed by atoms with Crippen molar-refractivity contribution in [3.63, 3.8) is 0 Å². The summed E-state index contributed by atoms with van der Waals surface area (Å²) in [6.07, 6.45) is 0.435. The number of aliphatic hydroxyl groups is 2. The van der Waals surface area contributed by atoms with Crippen molar-refractivity contribution in [1.82, 2.24) is 0 Å². The van der Waals surface area contributed by atoms with Crippen LogP contribution in [0, 0.1) is 5.92 Å². The molecule has 0 aromatic heterocycles. The van der Waals surface area contributed by atoms with E-state index in [1.807, 2.05) is 0 Å². The first-order chi connectivity index (χ1) is 5.59. The van der Waals surface area contributed by atoms with Crippen LogP contribution in [-0.4, -0.2) is 33.5 Å². The van der Waals surface area contributed by atoms with Crippen LogP contribution in [0.5, 0.6) is 0 Å². The number of carbonyl (C=O) groups is 1. The Balaban J connectivity index is 2.39. The quantitative estimate of drug-likeness (QED) is 0.550. The van der Waals surface area contributed by atoms with Crippen LogP contribution in [0.3, 0.4) is 0 Å². The molecule has 70 valence electrons. The molecule has 3 atom stereocenters. The van der Waals surface area contributed by atoms with E-state index in [0.717, 1.165) is 0 Å². The molecule has 0 aromatic rings. The second kappa shape index (κ2) is 3.87. The van der Waals surface area contributed by atoms with E-state index in [2.05, 4.69) is 0 Å². The fourth-order valence-corrected chi connectivity index (χ4v) is 1.65. The zero-order valence-electron chi connectivity index (χ0n) is 6.81. The maximum atomic E-state index is 10.3. The van der Waals surface area contributed by atoms with Gasteiger partial charge in [-0.05, 0) is 25.2 Å². The number of hydrogen-bond donors (Lipinski definition) is 3. The van der Waals surface area contributed by atoms with Crippen molar-refractivity contribution < 1.29 is 20.1 Å². The van der Waals surface area contributed by atoms with Crippen LogP contribution in [0.25, 0.3) is 0 Å². The van der Waals surface area contributed by atoms with Gasteiger partial charge in [0.15, 0.2) is 0 Å². The van der Waals surface area contributed by atoms with Crippen molar-refractivity contribution in [3.8, 4) is 0 Å². The van der Waals surface area contributed by atoms with Crippen LogP contribution < -0.4 is 0 Å². The summed E-state index contributed by atoms with van der Waals surface area (Å²) >= 11 is 0. The molecule has 1 aliphatic rings. The lowest BCUT2D eigenvalue weighted by Crippen LogP contribution is -2.33. The van der Waals surface area contributed by atoms with Gasteiger partial charge in [-0.1, -0.05) is 0 Å². The molecule has 0 radical (unpaired) electrons. The van der Waals surface area contributed by atoms with E-state index in [4.69, 9.17) is 10.2 Å². The Kier molecular flexibility index (Phi) is 3.05. The Hall–Kier alpha value is -0.610. The first kappa shape index (κ1) is 9.48. The van der Waals surface area contributed by atoms with Crippen molar-refractivity contribution in [2.75, 3.05) is 0 Å². The molecule has 0 heterocycles. The first-order valence-corrected chi connectivity index (χ1v) is 4.17. The molecule has 1 rings (SSSR count). The highest BCUT2D eigenvalue weighted by molar-refractivity contribution is 5.67. The molecule has 3 N–H and O–H groups in total. The molecular formula is C8H14O4. The molecule has 0 amide bonds. The smallest absolute Gasteiger partial charge is 0.303 e. The molecule has 0 bridgehead atoms. The number of hydrogen-bond acceptors (Lipinski definition) is 3. The summed E-state index contributed by atoms with van der Waals surface area (Å²) in [5.74, 6) is -1.05. The lowest BCUT2D eigenvalue weighted by Gasteiger charge is -2.29. The summed E-state index contributed by atoms with van der Waals surface area (Å²) in [4.78, 5) is 10.3. The van der Waals surface area contributed by atoms with Crippen molar-refractivity contribution in [2.45, 2.75) is 37.9 Å². The third-order valence-corrected chi connectivity index (χ3v) is 2.37. The van der Waals surface area contributed by atoms with Gasteiger partial charge >= 0.3 is 5.97 Å². The molecular weight excluding hydrogens is 160 g/mol. The van der Waals surface area contributed by atoms with Gasteiger partial charge in [-0.3, -0.25) is 4.79 Å². The van der Waals surface area contributed by atoms with Gasteiger partial charge in [0.05, 0.1) is 18.6 Å². The van der Waals surface area contributed by atoms with Gasteiger partial charge in [0.25, 0.3) is 0 Å². The van der Waals surface area contributed by atoms with Crippen LogP contribution >= 0.6 is 0 Å². The Morgan fingerprint density at radius 1 is 1.33 bits per heavy atom. The fraction of sp³-hybridized carbons (Fsp3) is 0.875. The average Bonchev–Trinajstić information content (AvgIpc) is 1.94. The standard InChI is InChI=1S/C8H14O4/c9-6-2-1-5(3-8(11)12)7(10)4-6/h5-7,9-10H,1-4H2,(H,11,12). The minimum Gasteiger partial charge on any atom is -0.481 e. The molecule has 1 fully saturated rings. The van der Waals surface area contributed by atoms with Gasteiger partial charge in [-0.15, -0.1) is 0 Å². The predicted octanol–water partition coefficient (Wildman–Crippen LogP) is -0.0170. The normalized spacial score (nSPS) is 36.3. The summed E-state index contributed by atoms with van der Waals surface area (Å²) in [6, 6.07) is 0. The molecule has 0 saturated heterocycles. The third kappa shape index (κ3) is 2.46. The van der Waals surface area contributed by atoms with Crippen LogP contribution in [0.4, 0.5) is 0 Å². The second-order valence-corrected chi connectivity index (χ2v) is 3.39. The van der Waals surface area contributed by atoms with E-state index in [9.17, 15) is 9.90 Å². The van der Waals surface area contributed by atoms with Crippen molar-refractivity contribution in [3.05, 3.63) is 0 Å². The lowest BCUT2D eigenvalue weighted by atomic mass is 9.83. The summed E-state index contributed by atoms with van der Waals surface area (Å²) in [5, 5.41) is 27.0. The predicted molar refractivity (Wildman–Crippen MR) is 41.6 cm³/mol. The molecule has 4 nitrogen and oxygen atoms in total. The average molecular weight is 174 g/mol. The van der Waals surface area contributed by atoms with Crippen molar-refractivity contribution in [1.29, 1.82) is 0 Å². The summed E-state index contributed by atoms with van der Waals surface area (Å²) < 4.78 is 0. The zero-order valence-corrected chi connectivity index (χ0v) is 6.81. The van der Waals surface area contributed by atoms with Crippen LogP contribution in [-0.2, 0) is 4.79 Å². The van der Waals surface area contributed by atoms with E-state index in [1.165, 1.54) is 0 Å². The Morgan fingerprint density at radius 2 is 2.00 bits per heavy atom. The van der Waals surface area contributed by atoms with Crippen molar-refractivity contribution >= 4 is 5.97 Å². The number of carboxylic acid groups (broad SMARTS) is 1. The topological polar surface area (TPSA) is 77.8 Å². The minimum atomic E-state index is -0.879. The van der Waals surface area contributed by atoms with E-state index < -0.39 is 18.2 Å². The molecule has 4 heteroatoms. The maximum absolute atomic E-state index is 10.3. The lowest BCUT2D eigenvalue weighted by molar-refractivity contribution is -0.140. The van der Waals surface area contributed by atoms with Gasteiger partial charge in [-0.2, -0.15) is 0 Å². The molecule has 0 spiro atoms. The molecule has 3 unspecified atom stereocenters. The number of carboxylic acids is 1. The van der Waals surface area contributed by atoms with Gasteiger partial charge in [0, 0.05) is 0 Å². The fourth-order valence-electron chi connectivity index (χ4n) is 1.65. The van der Waals surface area contributed by atoms with E-state index in [-0.39, 0.29) is 12.3 Å². The Bertz CT molecular complexity index is 168. The summed E-state index contributed by atoms with van der Waals surface area (Å²) in [6.45, 7) is 0.